The Kier molecular flexibility index (Phi) is 6.57. The lowest BCUT2D eigenvalue weighted by Gasteiger charge is -2.10. The normalized spacial score (nSPS) is 10.0. The summed E-state index contributed by atoms with van der Waals surface area (Å²) < 4.78 is 0. The molecule has 7 nitrogen and oxygen atoms in total. The molecule has 2 aromatic carbocycles. The molecule has 3 aromatic rings. The Balaban J connectivity index is 1.47. The van der Waals surface area contributed by atoms with Gasteiger partial charge in [0.1, 0.15) is 11.6 Å². The van der Waals surface area contributed by atoms with Crippen LogP contribution in [0.5, 0.6) is 0 Å². The van der Waals surface area contributed by atoms with Gasteiger partial charge in [0.2, 0.25) is 0 Å². The molecule has 0 atom stereocenters. The first-order valence-corrected chi connectivity index (χ1v) is 8.84. The number of rotatable bonds is 6. The van der Waals surface area contributed by atoms with Crippen molar-refractivity contribution in [1.29, 1.82) is 0 Å². The fourth-order valence-electron chi connectivity index (χ4n) is 2.45. The predicted octanol–water partition coefficient (Wildman–Crippen LogP) is 3.73. The van der Waals surface area contributed by atoms with E-state index in [0.717, 1.165) is 11.1 Å². The zero-order valence-electron chi connectivity index (χ0n) is 15.2. The number of pyridine rings is 1. The summed E-state index contributed by atoms with van der Waals surface area (Å²) in [7, 11) is 0. The number of hydrogen-bond donors (Lipinski definition) is 4. The Labute approximate surface area is 163 Å². The number of amides is 4. The Morgan fingerprint density at radius 2 is 1.04 bits per heavy atom. The number of carbonyl (C=O) groups is 2. The monoisotopic (exact) mass is 375 g/mol. The lowest BCUT2D eigenvalue weighted by molar-refractivity contribution is 0.251. The van der Waals surface area contributed by atoms with Gasteiger partial charge in [0.15, 0.2) is 0 Å². The minimum Gasteiger partial charge on any atom is -0.334 e. The number of benzene rings is 2. The quantitative estimate of drug-likeness (QED) is 0.529. The first-order valence-electron chi connectivity index (χ1n) is 8.84. The number of carbonyl (C=O) groups excluding carboxylic acids is 2. The van der Waals surface area contributed by atoms with Crippen LogP contribution in [0.15, 0.2) is 78.9 Å². The standard InChI is InChI=1S/C21H21N5O2/c27-20(22-14-16-8-3-1-4-9-16)25-18-12-7-13-19(24-18)26-21(28)23-15-17-10-5-2-6-11-17/h1-13H,14-15H2,(H4,22,23,24,25,26,27,28). The minimum absolute atomic E-state index is 0.339. The van der Waals surface area contributed by atoms with Crippen molar-refractivity contribution in [2.24, 2.45) is 0 Å². The zero-order chi connectivity index (χ0) is 19.6. The molecule has 4 N–H and O–H groups in total. The Morgan fingerprint density at radius 1 is 0.607 bits per heavy atom. The van der Waals surface area contributed by atoms with Gasteiger partial charge in [-0.1, -0.05) is 66.7 Å². The van der Waals surface area contributed by atoms with Crippen LogP contribution in [0.2, 0.25) is 0 Å². The van der Waals surface area contributed by atoms with Gasteiger partial charge in [-0.3, -0.25) is 10.6 Å². The second-order valence-corrected chi connectivity index (χ2v) is 5.99. The average molecular weight is 375 g/mol. The fraction of sp³-hybridized carbons (Fsp3) is 0.0952. The fourth-order valence-corrected chi connectivity index (χ4v) is 2.45. The van der Waals surface area contributed by atoms with Gasteiger partial charge in [-0.2, -0.15) is 0 Å². The SMILES string of the molecule is O=C(NCc1ccccc1)Nc1cccc(NC(=O)NCc2ccccc2)n1. The zero-order valence-corrected chi connectivity index (χ0v) is 15.2. The maximum atomic E-state index is 12.0. The molecule has 0 saturated heterocycles. The van der Waals surface area contributed by atoms with Gasteiger partial charge in [0.05, 0.1) is 0 Å². The number of urea groups is 2. The summed E-state index contributed by atoms with van der Waals surface area (Å²) in [6.45, 7) is 0.818. The topological polar surface area (TPSA) is 95.2 Å². The molecule has 3 rings (SSSR count). The van der Waals surface area contributed by atoms with Gasteiger partial charge in [-0.25, -0.2) is 14.6 Å². The molecule has 0 fully saturated rings. The summed E-state index contributed by atoms with van der Waals surface area (Å²) in [6.07, 6.45) is 0. The summed E-state index contributed by atoms with van der Waals surface area (Å²) in [4.78, 5) is 28.3. The van der Waals surface area contributed by atoms with Gasteiger partial charge < -0.3 is 10.6 Å². The van der Waals surface area contributed by atoms with E-state index in [1.165, 1.54) is 0 Å². The van der Waals surface area contributed by atoms with Crippen LogP contribution in [0.4, 0.5) is 21.2 Å². The smallest absolute Gasteiger partial charge is 0.320 e. The molecule has 1 heterocycles. The molecule has 0 aliphatic heterocycles. The van der Waals surface area contributed by atoms with Crippen molar-refractivity contribution < 1.29 is 9.59 Å². The number of aromatic nitrogens is 1. The summed E-state index contributed by atoms with van der Waals surface area (Å²) in [5.41, 5.74) is 1.99. The highest BCUT2D eigenvalue weighted by molar-refractivity contribution is 5.90. The minimum atomic E-state index is -0.373. The van der Waals surface area contributed by atoms with E-state index in [2.05, 4.69) is 26.3 Å². The third-order valence-electron chi connectivity index (χ3n) is 3.82. The molecule has 1 aromatic heterocycles. The van der Waals surface area contributed by atoms with Crippen molar-refractivity contribution in [3.05, 3.63) is 90.0 Å². The predicted molar refractivity (Wildman–Crippen MR) is 109 cm³/mol. The largest absolute Gasteiger partial charge is 0.334 e. The third kappa shape index (κ3) is 6.14. The highest BCUT2D eigenvalue weighted by Crippen LogP contribution is 2.09. The highest BCUT2D eigenvalue weighted by atomic mass is 16.2. The van der Waals surface area contributed by atoms with E-state index in [1.54, 1.807) is 18.2 Å². The molecule has 0 bridgehead atoms. The molecule has 0 aliphatic rings. The van der Waals surface area contributed by atoms with Crippen LogP contribution in [0.3, 0.4) is 0 Å². The van der Waals surface area contributed by atoms with E-state index in [-0.39, 0.29) is 12.1 Å². The summed E-state index contributed by atoms with van der Waals surface area (Å²) >= 11 is 0. The van der Waals surface area contributed by atoms with Crippen molar-refractivity contribution in [3.8, 4) is 0 Å². The van der Waals surface area contributed by atoms with E-state index in [9.17, 15) is 9.59 Å². The number of hydrogen-bond acceptors (Lipinski definition) is 3. The number of nitrogens with zero attached hydrogens (tertiary/aromatic N) is 1. The van der Waals surface area contributed by atoms with E-state index in [0.29, 0.717) is 24.7 Å². The van der Waals surface area contributed by atoms with Gasteiger partial charge in [0, 0.05) is 13.1 Å². The van der Waals surface area contributed by atoms with Crippen LogP contribution < -0.4 is 21.3 Å². The lowest BCUT2D eigenvalue weighted by Crippen LogP contribution is -2.30. The molecule has 7 heteroatoms. The highest BCUT2D eigenvalue weighted by Gasteiger charge is 2.06. The summed E-state index contributed by atoms with van der Waals surface area (Å²) in [5, 5.41) is 10.8. The molecular formula is C21H21N5O2. The molecule has 4 amide bonds. The van der Waals surface area contributed by atoms with Crippen molar-refractivity contribution >= 4 is 23.7 Å². The Bertz CT molecular complexity index is 844. The number of nitrogens with one attached hydrogen (secondary N) is 4. The van der Waals surface area contributed by atoms with E-state index in [4.69, 9.17) is 0 Å². The van der Waals surface area contributed by atoms with Gasteiger partial charge in [-0.05, 0) is 23.3 Å². The third-order valence-corrected chi connectivity index (χ3v) is 3.82. The maximum Gasteiger partial charge on any atom is 0.320 e. The first kappa shape index (κ1) is 18.9. The molecule has 0 saturated carbocycles. The first-order chi connectivity index (χ1) is 13.7. The van der Waals surface area contributed by atoms with Crippen LogP contribution >= 0.6 is 0 Å². The van der Waals surface area contributed by atoms with Crippen molar-refractivity contribution in [2.45, 2.75) is 13.1 Å². The molecule has 142 valence electrons. The van der Waals surface area contributed by atoms with Gasteiger partial charge >= 0.3 is 12.1 Å². The maximum absolute atomic E-state index is 12.0. The lowest BCUT2D eigenvalue weighted by atomic mass is 10.2. The second kappa shape index (κ2) is 9.72. The van der Waals surface area contributed by atoms with Crippen molar-refractivity contribution in [2.75, 3.05) is 10.6 Å². The van der Waals surface area contributed by atoms with E-state index >= 15 is 0 Å². The van der Waals surface area contributed by atoms with Gasteiger partial charge in [-0.15, -0.1) is 0 Å². The molecular weight excluding hydrogens is 354 g/mol. The van der Waals surface area contributed by atoms with Gasteiger partial charge in [0.25, 0.3) is 0 Å². The van der Waals surface area contributed by atoms with Crippen LogP contribution in [-0.4, -0.2) is 17.0 Å². The van der Waals surface area contributed by atoms with Crippen LogP contribution in [0, 0.1) is 0 Å². The Morgan fingerprint density at radius 3 is 1.46 bits per heavy atom. The molecule has 0 radical (unpaired) electrons. The summed E-state index contributed by atoms with van der Waals surface area (Å²) in [5.74, 6) is 0.679. The van der Waals surface area contributed by atoms with E-state index < -0.39 is 0 Å². The summed E-state index contributed by atoms with van der Waals surface area (Å²) in [6, 6.07) is 23.4. The molecule has 28 heavy (non-hydrogen) atoms. The second-order valence-electron chi connectivity index (χ2n) is 5.99. The molecule has 0 spiro atoms. The molecule has 0 unspecified atom stereocenters. The van der Waals surface area contributed by atoms with Crippen LogP contribution in [0.25, 0.3) is 0 Å². The molecule has 0 aliphatic carbocycles. The van der Waals surface area contributed by atoms with Crippen molar-refractivity contribution in [1.82, 2.24) is 15.6 Å². The Hall–Kier alpha value is -3.87. The average Bonchev–Trinajstić information content (AvgIpc) is 2.72. The number of anilines is 2. The van der Waals surface area contributed by atoms with E-state index in [1.807, 2.05) is 60.7 Å². The van der Waals surface area contributed by atoms with Crippen LogP contribution in [0.1, 0.15) is 11.1 Å². The van der Waals surface area contributed by atoms with Crippen LogP contribution in [-0.2, 0) is 13.1 Å². The van der Waals surface area contributed by atoms with Crippen molar-refractivity contribution in [3.63, 3.8) is 0 Å².